The van der Waals surface area contributed by atoms with Crippen LogP contribution in [0.5, 0.6) is 11.5 Å². The predicted octanol–water partition coefficient (Wildman–Crippen LogP) is 6.51. The molecule has 4 rings (SSSR count). The maximum Gasteiger partial charge on any atom is 0.225 e. The zero-order chi connectivity index (χ0) is 27.1. The van der Waals surface area contributed by atoms with Crippen LogP contribution in [0.15, 0.2) is 36.7 Å². The maximum absolute atomic E-state index is 13.1. The van der Waals surface area contributed by atoms with Crippen molar-refractivity contribution in [3.8, 4) is 11.5 Å². The molecule has 1 N–H and O–H groups in total. The molecule has 204 valence electrons. The molecule has 8 nitrogen and oxygen atoms in total. The number of benzene rings is 2. The fraction of sp³-hybridized carbons (Fsp3) is 0.464. The molecule has 1 aliphatic rings. The van der Waals surface area contributed by atoms with Gasteiger partial charge in [0, 0.05) is 29.6 Å². The first-order valence-corrected chi connectivity index (χ1v) is 13.8. The van der Waals surface area contributed by atoms with Crippen molar-refractivity contribution in [3.05, 3.63) is 46.7 Å². The second kappa shape index (κ2) is 13.3. The fourth-order valence-electron chi connectivity index (χ4n) is 4.56. The van der Waals surface area contributed by atoms with E-state index in [2.05, 4.69) is 29.1 Å². The molecule has 2 heterocycles. The summed E-state index contributed by atoms with van der Waals surface area (Å²) in [6.07, 6.45) is 5.20. The first-order chi connectivity index (χ1) is 18.4. The number of fused-ring (bicyclic) bond motifs is 1. The number of amides is 1. The molecule has 0 spiro atoms. The van der Waals surface area contributed by atoms with Gasteiger partial charge in [0.15, 0.2) is 11.5 Å². The number of carbonyl (C=O) groups excluding carboxylic acids is 1. The molecular weight excluding hydrogens is 527 g/mol. The lowest BCUT2D eigenvalue weighted by atomic mass is 9.97. The lowest BCUT2D eigenvalue weighted by Gasteiger charge is -2.35. The molecule has 1 fully saturated rings. The molecule has 2 unspecified atom stereocenters. The number of halogens is 2. The molecule has 0 saturated carbocycles. The summed E-state index contributed by atoms with van der Waals surface area (Å²) in [5, 5.41) is 4.94. The SMILES string of the molecule is CCCCC(CC)C(=O)N1CCOC(COc2cc3ncnc(Nc4ccc(Cl)c(Cl)c4)c3cc2OC)C1. The van der Waals surface area contributed by atoms with Gasteiger partial charge < -0.3 is 24.4 Å². The minimum absolute atomic E-state index is 0.0709. The number of ether oxygens (including phenoxy) is 3. The van der Waals surface area contributed by atoms with Gasteiger partial charge in [-0.25, -0.2) is 9.97 Å². The molecule has 0 bridgehead atoms. The highest BCUT2D eigenvalue weighted by atomic mass is 35.5. The van der Waals surface area contributed by atoms with Gasteiger partial charge in [0.1, 0.15) is 24.9 Å². The van der Waals surface area contributed by atoms with Crippen LogP contribution in [0.4, 0.5) is 11.5 Å². The minimum atomic E-state index is -0.228. The van der Waals surface area contributed by atoms with Crippen molar-refractivity contribution in [2.24, 2.45) is 5.92 Å². The summed E-state index contributed by atoms with van der Waals surface area (Å²) in [5.74, 6) is 1.97. The van der Waals surface area contributed by atoms with E-state index in [4.69, 9.17) is 37.4 Å². The molecule has 0 radical (unpaired) electrons. The Morgan fingerprint density at radius 3 is 2.76 bits per heavy atom. The van der Waals surface area contributed by atoms with Crippen molar-refractivity contribution >= 4 is 51.5 Å². The van der Waals surface area contributed by atoms with Gasteiger partial charge in [-0.2, -0.15) is 0 Å². The van der Waals surface area contributed by atoms with Crippen molar-refractivity contribution in [2.75, 3.05) is 38.7 Å². The van der Waals surface area contributed by atoms with Crippen molar-refractivity contribution < 1.29 is 19.0 Å². The van der Waals surface area contributed by atoms with Crippen LogP contribution in [0, 0.1) is 5.92 Å². The maximum atomic E-state index is 13.1. The number of hydrogen-bond donors (Lipinski definition) is 1. The van der Waals surface area contributed by atoms with Crippen LogP contribution in [-0.2, 0) is 9.53 Å². The molecule has 3 aromatic rings. The van der Waals surface area contributed by atoms with Crippen LogP contribution in [0.25, 0.3) is 10.9 Å². The summed E-state index contributed by atoms with van der Waals surface area (Å²) in [6.45, 7) is 6.15. The zero-order valence-corrected chi connectivity index (χ0v) is 23.5. The summed E-state index contributed by atoms with van der Waals surface area (Å²) in [6, 6.07) is 8.93. The highest BCUT2D eigenvalue weighted by Gasteiger charge is 2.29. The summed E-state index contributed by atoms with van der Waals surface area (Å²) >= 11 is 12.2. The fourth-order valence-corrected chi connectivity index (χ4v) is 4.86. The number of unbranched alkanes of at least 4 members (excludes halogenated alkanes) is 1. The lowest BCUT2D eigenvalue weighted by molar-refractivity contribution is -0.144. The van der Waals surface area contributed by atoms with E-state index in [0.29, 0.717) is 52.6 Å². The normalized spacial score (nSPS) is 16.3. The Balaban J connectivity index is 1.46. The molecule has 1 amide bonds. The van der Waals surface area contributed by atoms with Gasteiger partial charge >= 0.3 is 0 Å². The Morgan fingerprint density at radius 2 is 2.03 bits per heavy atom. The third kappa shape index (κ3) is 6.79. The summed E-state index contributed by atoms with van der Waals surface area (Å²) in [7, 11) is 1.59. The summed E-state index contributed by atoms with van der Waals surface area (Å²) in [4.78, 5) is 23.8. The number of hydrogen-bond acceptors (Lipinski definition) is 7. The number of rotatable bonds is 11. The number of anilines is 2. The monoisotopic (exact) mass is 560 g/mol. The second-order valence-electron chi connectivity index (χ2n) is 9.33. The molecule has 0 aliphatic carbocycles. The van der Waals surface area contributed by atoms with Crippen molar-refractivity contribution in [1.82, 2.24) is 14.9 Å². The zero-order valence-electron chi connectivity index (χ0n) is 22.0. The minimum Gasteiger partial charge on any atom is -0.493 e. The van der Waals surface area contributed by atoms with Crippen molar-refractivity contribution in [1.29, 1.82) is 0 Å². The van der Waals surface area contributed by atoms with Gasteiger partial charge in [-0.15, -0.1) is 0 Å². The first-order valence-electron chi connectivity index (χ1n) is 13.0. The van der Waals surface area contributed by atoms with E-state index in [-0.39, 0.29) is 24.5 Å². The second-order valence-corrected chi connectivity index (χ2v) is 10.1. The van der Waals surface area contributed by atoms with Gasteiger partial charge in [0.25, 0.3) is 0 Å². The van der Waals surface area contributed by atoms with Crippen LogP contribution in [0.2, 0.25) is 10.0 Å². The van der Waals surface area contributed by atoms with Crippen molar-refractivity contribution in [2.45, 2.75) is 45.6 Å². The van der Waals surface area contributed by atoms with E-state index in [1.165, 1.54) is 6.33 Å². The van der Waals surface area contributed by atoms with Gasteiger partial charge in [-0.05, 0) is 37.1 Å². The quantitative estimate of drug-likeness (QED) is 0.286. The Kier molecular flexibility index (Phi) is 9.88. The number of aromatic nitrogens is 2. The molecule has 10 heteroatoms. The molecule has 38 heavy (non-hydrogen) atoms. The standard InChI is InChI=1S/C28H34Cl2N4O4/c1-4-6-7-18(5-2)28(35)34-10-11-37-20(15-34)16-38-26-14-24-21(13-25(26)36-3)27(32-17-31-24)33-19-8-9-22(29)23(30)12-19/h8-9,12-14,17-18,20H,4-7,10-11,15-16H2,1-3H3,(H,31,32,33). The van der Waals surface area contributed by atoms with Crippen LogP contribution in [-0.4, -0.2) is 60.3 Å². The van der Waals surface area contributed by atoms with Gasteiger partial charge in [0.05, 0.1) is 35.8 Å². The third-order valence-corrected chi connectivity index (χ3v) is 7.47. The average Bonchev–Trinajstić information content (AvgIpc) is 2.94. The van der Waals surface area contributed by atoms with E-state index < -0.39 is 0 Å². The number of carbonyl (C=O) groups is 1. The van der Waals surface area contributed by atoms with E-state index in [1.807, 2.05) is 23.1 Å². The van der Waals surface area contributed by atoms with E-state index in [0.717, 1.165) is 36.8 Å². The smallest absolute Gasteiger partial charge is 0.225 e. The Bertz CT molecular complexity index is 1260. The Labute approximate surface area is 233 Å². The average molecular weight is 562 g/mol. The molecule has 1 aliphatic heterocycles. The summed E-state index contributed by atoms with van der Waals surface area (Å²) in [5.41, 5.74) is 1.42. The van der Waals surface area contributed by atoms with Crippen LogP contribution >= 0.6 is 23.2 Å². The third-order valence-electron chi connectivity index (χ3n) is 6.73. The van der Waals surface area contributed by atoms with Crippen LogP contribution < -0.4 is 14.8 Å². The summed E-state index contributed by atoms with van der Waals surface area (Å²) < 4.78 is 17.7. The highest BCUT2D eigenvalue weighted by Crippen LogP contribution is 2.35. The van der Waals surface area contributed by atoms with Gasteiger partial charge in [-0.1, -0.05) is 49.9 Å². The van der Waals surface area contributed by atoms with Crippen molar-refractivity contribution in [3.63, 3.8) is 0 Å². The molecule has 2 aromatic carbocycles. The number of morpholine rings is 1. The van der Waals surface area contributed by atoms with E-state index in [9.17, 15) is 4.79 Å². The van der Waals surface area contributed by atoms with Gasteiger partial charge in [-0.3, -0.25) is 4.79 Å². The molecule has 2 atom stereocenters. The van der Waals surface area contributed by atoms with E-state index in [1.54, 1.807) is 19.2 Å². The van der Waals surface area contributed by atoms with Gasteiger partial charge in [0.2, 0.25) is 5.91 Å². The Hall–Kier alpha value is -2.81. The molecule has 1 aromatic heterocycles. The Morgan fingerprint density at radius 1 is 1.18 bits per heavy atom. The number of nitrogens with zero attached hydrogens (tertiary/aromatic N) is 3. The topological polar surface area (TPSA) is 85.8 Å². The number of methoxy groups -OCH3 is 1. The first kappa shape index (κ1) is 28.2. The molecular formula is C28H34Cl2N4O4. The largest absolute Gasteiger partial charge is 0.493 e. The number of nitrogens with one attached hydrogen (secondary N) is 1. The highest BCUT2D eigenvalue weighted by molar-refractivity contribution is 6.42. The van der Waals surface area contributed by atoms with Crippen LogP contribution in [0.3, 0.4) is 0 Å². The van der Waals surface area contributed by atoms with E-state index >= 15 is 0 Å². The van der Waals surface area contributed by atoms with Crippen LogP contribution in [0.1, 0.15) is 39.5 Å². The lowest BCUT2D eigenvalue weighted by Crippen LogP contribution is -2.49. The predicted molar refractivity (Wildman–Crippen MR) is 151 cm³/mol. The molecule has 1 saturated heterocycles.